The van der Waals surface area contributed by atoms with Crippen LogP contribution in [-0.2, 0) is 28.5 Å². The topological polar surface area (TPSA) is 498 Å². The Morgan fingerprint density at radius 2 is 0.804 bits per heavy atom. The molecule has 2 rings (SSSR count). The number of hydrogen-bond acceptors (Lipinski definition) is 22. The van der Waals surface area contributed by atoms with Gasteiger partial charge < -0.3 is 122 Å². The van der Waals surface area contributed by atoms with Gasteiger partial charge in [-0.2, -0.15) is 0 Å². The standard InChI is InChI=1S/2C12H22O12.Ca.2H2O/c2*13-1-3(15)10(7(18)8(19)11(21)22)24-12-9(20)6(17)5(16)4(2-14)23-12;;;/h2*3-10,12-20H,1-2H2,(H,21,22);;2*1H2/t2*3-,4-,5+,6+,7-,8-,9-,10-,12+;;;/m11.../s1. The van der Waals surface area contributed by atoms with Gasteiger partial charge in [0, 0.05) is 37.7 Å². The number of hydrogen-bond donors (Lipinski definition) is 18. The molecule has 2 heterocycles. The first-order valence-corrected chi connectivity index (χ1v) is 14.0. The van der Waals surface area contributed by atoms with E-state index in [1.807, 2.05) is 0 Å². The van der Waals surface area contributed by atoms with Gasteiger partial charge in [0.1, 0.15) is 85.5 Å². The molecule has 18 atom stereocenters. The molecule has 0 aromatic heterocycles. The molecule has 22 N–H and O–H groups in total. The van der Waals surface area contributed by atoms with Gasteiger partial charge in [-0.1, -0.05) is 0 Å². The average Bonchev–Trinajstić information content (AvgIpc) is 3.07. The molecule has 0 bridgehead atoms. The molecule has 0 saturated carbocycles. The maximum absolute atomic E-state index is 10.7. The van der Waals surface area contributed by atoms with Crippen molar-refractivity contribution in [3.63, 3.8) is 0 Å². The molecule has 302 valence electrons. The zero-order valence-electron chi connectivity index (χ0n) is 26.4. The third kappa shape index (κ3) is 14.5. The summed E-state index contributed by atoms with van der Waals surface area (Å²) in [6.45, 7) is -3.52. The summed E-state index contributed by atoms with van der Waals surface area (Å²) in [5.41, 5.74) is 0. The first-order chi connectivity index (χ1) is 22.3. The number of aliphatic carboxylic acids is 2. The van der Waals surface area contributed by atoms with E-state index in [2.05, 4.69) is 0 Å². The van der Waals surface area contributed by atoms with Crippen molar-refractivity contribution in [1.82, 2.24) is 0 Å². The Kier molecular flexibility index (Phi) is 27.2. The van der Waals surface area contributed by atoms with Crippen LogP contribution in [0.25, 0.3) is 0 Å². The van der Waals surface area contributed by atoms with Crippen molar-refractivity contribution in [2.75, 3.05) is 26.4 Å². The number of aliphatic hydroxyl groups is 16. The molecule has 51 heavy (non-hydrogen) atoms. The van der Waals surface area contributed by atoms with Crippen molar-refractivity contribution in [3.05, 3.63) is 0 Å². The van der Waals surface area contributed by atoms with Crippen LogP contribution in [0.1, 0.15) is 0 Å². The van der Waals surface area contributed by atoms with Crippen molar-refractivity contribution < 1.29 is 131 Å². The molecule has 0 amide bonds. The fraction of sp³-hybridized carbons (Fsp3) is 0.917. The van der Waals surface area contributed by atoms with Crippen LogP contribution in [-0.4, -0.2) is 289 Å². The van der Waals surface area contributed by atoms with Crippen molar-refractivity contribution in [3.8, 4) is 0 Å². The van der Waals surface area contributed by atoms with Crippen LogP contribution in [0.2, 0.25) is 0 Å². The van der Waals surface area contributed by atoms with Gasteiger partial charge in [0.2, 0.25) is 0 Å². The molecular weight excluding hydrogens is 744 g/mol. The van der Waals surface area contributed by atoms with E-state index < -0.39 is 149 Å². The number of carboxylic acid groups (broad SMARTS) is 2. The van der Waals surface area contributed by atoms with Crippen molar-refractivity contribution in [2.24, 2.45) is 0 Å². The van der Waals surface area contributed by atoms with E-state index >= 15 is 0 Å². The van der Waals surface area contributed by atoms with Crippen LogP contribution < -0.4 is 0 Å². The molecule has 2 fully saturated rings. The second kappa shape index (κ2) is 25.4. The molecule has 26 nitrogen and oxygen atoms in total. The molecule has 27 heteroatoms. The first kappa shape index (κ1) is 54.7. The first-order valence-electron chi connectivity index (χ1n) is 14.0. The van der Waals surface area contributed by atoms with Gasteiger partial charge in [0.25, 0.3) is 0 Å². The van der Waals surface area contributed by atoms with Crippen molar-refractivity contribution in [1.29, 1.82) is 0 Å². The summed E-state index contributed by atoms with van der Waals surface area (Å²) in [5, 5.41) is 169. The molecule has 0 aromatic carbocycles. The van der Waals surface area contributed by atoms with Crippen molar-refractivity contribution in [2.45, 2.75) is 110 Å². The normalized spacial score (nSPS) is 33.8. The zero-order chi connectivity index (χ0) is 37.2. The van der Waals surface area contributed by atoms with Gasteiger partial charge in [0.15, 0.2) is 24.8 Å². The summed E-state index contributed by atoms with van der Waals surface area (Å²) in [6, 6.07) is 0. The van der Waals surface area contributed by atoms with Gasteiger partial charge in [-0.25, -0.2) is 9.59 Å². The van der Waals surface area contributed by atoms with Gasteiger partial charge in [-0.05, 0) is 0 Å². The maximum Gasteiger partial charge on any atom is 0.335 e. The molecule has 0 unspecified atom stereocenters. The largest absolute Gasteiger partial charge is 0.479 e. The summed E-state index contributed by atoms with van der Waals surface area (Å²) < 4.78 is 20.0. The van der Waals surface area contributed by atoms with E-state index in [4.69, 9.17) is 49.6 Å². The average molecular weight is 793 g/mol. The predicted octanol–water partition coefficient (Wildman–Crippen LogP) is -13.4. The van der Waals surface area contributed by atoms with Crippen LogP contribution in [0.15, 0.2) is 0 Å². The van der Waals surface area contributed by atoms with E-state index in [-0.39, 0.29) is 48.7 Å². The van der Waals surface area contributed by atoms with E-state index in [1.54, 1.807) is 0 Å². The van der Waals surface area contributed by atoms with E-state index in [1.165, 1.54) is 0 Å². The summed E-state index contributed by atoms with van der Waals surface area (Å²) in [6.07, 6.45) is -33.9. The summed E-state index contributed by atoms with van der Waals surface area (Å²) in [5.74, 6) is -3.68. The van der Waals surface area contributed by atoms with Crippen LogP contribution in [0.4, 0.5) is 0 Å². The second-order valence-electron chi connectivity index (χ2n) is 10.6. The molecule has 2 aliphatic rings. The van der Waals surface area contributed by atoms with E-state index in [0.717, 1.165) is 0 Å². The number of ether oxygens (including phenoxy) is 4. The fourth-order valence-electron chi connectivity index (χ4n) is 4.33. The van der Waals surface area contributed by atoms with Gasteiger partial charge in [-0.15, -0.1) is 0 Å². The van der Waals surface area contributed by atoms with Gasteiger partial charge >= 0.3 is 11.9 Å². The number of carbonyl (C=O) groups is 2. The minimum absolute atomic E-state index is 0. The maximum atomic E-state index is 10.7. The third-order valence-corrected chi connectivity index (χ3v) is 7.24. The smallest absolute Gasteiger partial charge is 0.335 e. The Labute approximate surface area is 316 Å². The SMILES string of the molecule is O.O.O=C(O)[C@H](O)[C@@H](O)[C@H](O[C@@H]1O[C@H](CO)[C@H](O)[C@H](O)[C@H]1O)[C@H](O)CO.O=C(O)[C@H](O)[C@@H](O)[C@H](O[C@@H]1O[C@H](CO)[C@H](O)[C@H](O)[C@H]1O)[C@H](O)CO.[Ca]. The molecular formula is C24H48CaO26. The number of carboxylic acids is 2. The molecule has 0 spiro atoms. The number of aliphatic hydroxyl groups excluding tert-OH is 16. The monoisotopic (exact) mass is 792 g/mol. The Balaban J connectivity index is -0.000000853. The van der Waals surface area contributed by atoms with Crippen LogP contribution in [0, 0.1) is 0 Å². The minimum atomic E-state index is -2.39. The van der Waals surface area contributed by atoms with Crippen molar-refractivity contribution >= 4 is 49.7 Å². The quantitative estimate of drug-likeness (QED) is 0.0645. The van der Waals surface area contributed by atoms with Gasteiger partial charge in [0.05, 0.1) is 26.4 Å². The second-order valence-corrected chi connectivity index (χ2v) is 10.6. The fourth-order valence-corrected chi connectivity index (χ4v) is 4.33. The molecule has 2 aliphatic heterocycles. The van der Waals surface area contributed by atoms with Gasteiger partial charge in [-0.3, -0.25) is 0 Å². The van der Waals surface area contributed by atoms with E-state index in [0.29, 0.717) is 0 Å². The van der Waals surface area contributed by atoms with Crippen LogP contribution in [0.3, 0.4) is 0 Å². The Bertz CT molecular complexity index is 890. The predicted molar refractivity (Wildman–Crippen MR) is 156 cm³/mol. The molecule has 0 aliphatic carbocycles. The summed E-state index contributed by atoms with van der Waals surface area (Å²) in [4.78, 5) is 21.4. The molecule has 0 aromatic rings. The summed E-state index contributed by atoms with van der Waals surface area (Å²) >= 11 is 0. The Morgan fingerprint density at radius 1 is 0.529 bits per heavy atom. The Hall–Kier alpha value is -0.680. The zero-order valence-corrected chi connectivity index (χ0v) is 28.6. The summed E-state index contributed by atoms with van der Waals surface area (Å²) in [7, 11) is 0. The Morgan fingerprint density at radius 3 is 1.02 bits per heavy atom. The minimum Gasteiger partial charge on any atom is -0.479 e. The van der Waals surface area contributed by atoms with Crippen LogP contribution in [0.5, 0.6) is 0 Å². The number of rotatable bonds is 16. The molecule has 2 radical (unpaired) electrons. The molecule has 2 saturated heterocycles. The van der Waals surface area contributed by atoms with Crippen LogP contribution >= 0.6 is 0 Å². The van der Waals surface area contributed by atoms with E-state index in [9.17, 15) is 70.9 Å². The third-order valence-electron chi connectivity index (χ3n) is 7.24.